The largest absolute Gasteiger partial charge is 0.491 e. The fraction of sp³-hybridized carbons (Fsp3) is 0.385. The highest BCUT2D eigenvalue weighted by atomic mass is 19.1. The van der Waals surface area contributed by atoms with Crippen LogP contribution in [0.4, 0.5) is 4.39 Å². The van der Waals surface area contributed by atoms with Crippen molar-refractivity contribution in [2.24, 2.45) is 5.92 Å². The average Bonchev–Trinajstić information content (AvgIpc) is 2.78. The monoisotopic (exact) mass is 420 g/mol. The highest BCUT2D eigenvalue weighted by molar-refractivity contribution is 5.95. The van der Waals surface area contributed by atoms with E-state index < -0.39 is 0 Å². The normalized spacial score (nSPS) is 17.0. The Morgan fingerprint density at radius 2 is 2.00 bits per heavy atom. The molecule has 1 atom stereocenters. The third-order valence-corrected chi connectivity index (χ3v) is 5.94. The van der Waals surface area contributed by atoms with Crippen molar-refractivity contribution in [1.82, 2.24) is 9.88 Å². The van der Waals surface area contributed by atoms with Gasteiger partial charge in [-0.25, -0.2) is 9.37 Å². The molecular weight excluding hydrogens is 391 g/mol. The molecule has 0 N–H and O–H groups in total. The van der Waals surface area contributed by atoms with E-state index in [0.717, 1.165) is 61.2 Å². The number of carbonyl (C=O) groups excluding carboxylic acids is 1. The number of fused-ring (bicyclic) bond motifs is 1. The van der Waals surface area contributed by atoms with Gasteiger partial charge in [0, 0.05) is 35.5 Å². The number of Topliss-reactive ketones (excluding diaryl/α,β-unsaturated/α-hetero) is 1. The van der Waals surface area contributed by atoms with Crippen molar-refractivity contribution in [2.45, 2.75) is 32.6 Å². The lowest BCUT2D eigenvalue weighted by molar-refractivity contribution is 0.0961. The maximum atomic E-state index is 13.0. The molecule has 2 heterocycles. The number of likely N-dealkylation sites (tertiary alicyclic amines) is 1. The van der Waals surface area contributed by atoms with E-state index in [1.165, 1.54) is 12.1 Å². The van der Waals surface area contributed by atoms with Crippen molar-refractivity contribution < 1.29 is 13.9 Å². The van der Waals surface area contributed by atoms with Crippen LogP contribution >= 0.6 is 0 Å². The van der Waals surface area contributed by atoms with Gasteiger partial charge in [0.1, 0.15) is 17.1 Å². The summed E-state index contributed by atoms with van der Waals surface area (Å²) in [5.74, 6) is 1.09. The molecule has 162 valence electrons. The van der Waals surface area contributed by atoms with Gasteiger partial charge < -0.3 is 9.64 Å². The van der Waals surface area contributed by atoms with Crippen LogP contribution in [0, 0.1) is 18.7 Å². The van der Waals surface area contributed by atoms with E-state index in [2.05, 4.69) is 22.0 Å². The standard InChI is InChI=1S/C26H29FN2O2/c1-19-9-10-22-6-2-8-25(26(22)28-19)31-18-20-5-3-15-29(17-20)16-4-7-24(30)21-11-13-23(27)14-12-21/h2,6,8-14,20H,3-5,7,15-18H2,1H3. The van der Waals surface area contributed by atoms with Crippen molar-refractivity contribution in [1.29, 1.82) is 0 Å². The van der Waals surface area contributed by atoms with Crippen LogP contribution in [0.15, 0.2) is 54.6 Å². The zero-order valence-electron chi connectivity index (χ0n) is 18.0. The quantitative estimate of drug-likeness (QED) is 0.455. The smallest absolute Gasteiger partial charge is 0.162 e. The molecule has 1 fully saturated rings. The van der Waals surface area contributed by atoms with Crippen LogP contribution in [0.1, 0.15) is 41.7 Å². The molecule has 0 spiro atoms. The van der Waals surface area contributed by atoms with Crippen LogP contribution < -0.4 is 4.74 Å². The van der Waals surface area contributed by atoms with E-state index in [9.17, 15) is 9.18 Å². The molecule has 3 aromatic rings. The van der Waals surface area contributed by atoms with Crippen LogP contribution in [0.3, 0.4) is 0 Å². The van der Waals surface area contributed by atoms with Crippen molar-refractivity contribution in [3.05, 3.63) is 71.7 Å². The van der Waals surface area contributed by atoms with E-state index in [1.807, 2.05) is 25.1 Å². The Labute approximate surface area is 183 Å². The number of carbonyl (C=O) groups is 1. The molecule has 4 rings (SSSR count). The third kappa shape index (κ3) is 5.67. The number of aryl methyl sites for hydroxylation is 1. The summed E-state index contributed by atoms with van der Waals surface area (Å²) < 4.78 is 19.2. The summed E-state index contributed by atoms with van der Waals surface area (Å²) in [6, 6.07) is 16.0. The van der Waals surface area contributed by atoms with Gasteiger partial charge in [-0.1, -0.05) is 18.2 Å². The molecule has 0 amide bonds. The Bertz CT molecular complexity index is 1040. The first-order chi connectivity index (χ1) is 15.1. The topological polar surface area (TPSA) is 42.4 Å². The number of ketones is 1. The maximum absolute atomic E-state index is 13.0. The molecule has 1 aliphatic heterocycles. The zero-order chi connectivity index (χ0) is 21.6. The molecule has 31 heavy (non-hydrogen) atoms. The number of pyridine rings is 1. The maximum Gasteiger partial charge on any atom is 0.162 e. The number of nitrogens with zero attached hydrogens (tertiary/aromatic N) is 2. The molecule has 1 saturated heterocycles. The van der Waals surface area contributed by atoms with E-state index >= 15 is 0 Å². The Balaban J connectivity index is 1.26. The average molecular weight is 421 g/mol. The summed E-state index contributed by atoms with van der Waals surface area (Å²) in [6.45, 7) is 5.63. The molecule has 0 aliphatic carbocycles. The molecule has 2 aromatic carbocycles. The summed E-state index contributed by atoms with van der Waals surface area (Å²) in [4.78, 5) is 19.4. The third-order valence-electron chi connectivity index (χ3n) is 5.94. The van der Waals surface area contributed by atoms with E-state index in [4.69, 9.17) is 4.74 Å². The Morgan fingerprint density at radius 1 is 1.16 bits per heavy atom. The van der Waals surface area contributed by atoms with E-state index in [0.29, 0.717) is 24.5 Å². The second-order valence-corrected chi connectivity index (χ2v) is 8.43. The van der Waals surface area contributed by atoms with E-state index in [1.54, 1.807) is 12.1 Å². The molecule has 0 radical (unpaired) electrons. The minimum absolute atomic E-state index is 0.0793. The number of rotatable bonds is 8. The Hall–Kier alpha value is -2.79. The molecule has 1 unspecified atom stereocenters. The van der Waals surface area contributed by atoms with Gasteiger partial charge >= 0.3 is 0 Å². The fourth-order valence-electron chi connectivity index (χ4n) is 4.28. The number of hydrogen-bond donors (Lipinski definition) is 0. The van der Waals surface area contributed by atoms with Gasteiger partial charge in [-0.2, -0.15) is 0 Å². The number of ether oxygens (including phenoxy) is 1. The van der Waals surface area contributed by atoms with Crippen LogP contribution in [0.25, 0.3) is 10.9 Å². The predicted molar refractivity (Wildman–Crippen MR) is 121 cm³/mol. The summed E-state index contributed by atoms with van der Waals surface area (Å²) >= 11 is 0. The van der Waals surface area contributed by atoms with Gasteiger partial charge in [0.05, 0.1) is 6.61 Å². The van der Waals surface area contributed by atoms with Crippen LogP contribution in [-0.4, -0.2) is 41.9 Å². The van der Waals surface area contributed by atoms with Crippen molar-refractivity contribution in [3.63, 3.8) is 0 Å². The number of aromatic nitrogens is 1. The molecule has 0 bridgehead atoms. The zero-order valence-corrected chi connectivity index (χ0v) is 18.0. The summed E-state index contributed by atoms with van der Waals surface area (Å²) in [5.41, 5.74) is 2.50. The van der Waals surface area contributed by atoms with Gasteiger partial charge in [0.15, 0.2) is 5.78 Å². The highest BCUT2D eigenvalue weighted by Gasteiger charge is 2.21. The predicted octanol–water partition coefficient (Wildman–Crippen LogP) is 5.44. The van der Waals surface area contributed by atoms with Gasteiger partial charge in [-0.15, -0.1) is 0 Å². The van der Waals surface area contributed by atoms with Crippen molar-refractivity contribution >= 4 is 16.7 Å². The molecule has 0 saturated carbocycles. The minimum atomic E-state index is -0.312. The van der Waals surface area contributed by atoms with Crippen molar-refractivity contribution in [3.8, 4) is 5.75 Å². The fourth-order valence-corrected chi connectivity index (χ4v) is 4.28. The Morgan fingerprint density at radius 3 is 2.84 bits per heavy atom. The van der Waals surface area contributed by atoms with Crippen LogP contribution in [0.2, 0.25) is 0 Å². The van der Waals surface area contributed by atoms with Gasteiger partial charge in [-0.3, -0.25) is 4.79 Å². The van der Waals surface area contributed by atoms with Gasteiger partial charge in [0.25, 0.3) is 0 Å². The SMILES string of the molecule is Cc1ccc2cccc(OCC3CCCN(CCCC(=O)c4ccc(F)cc4)C3)c2n1. The molecule has 1 aromatic heterocycles. The first kappa shape index (κ1) is 21.4. The number of piperidine rings is 1. The molecule has 1 aliphatic rings. The lowest BCUT2D eigenvalue weighted by atomic mass is 9.98. The number of hydrogen-bond acceptors (Lipinski definition) is 4. The Kier molecular flexibility index (Phi) is 6.92. The van der Waals surface area contributed by atoms with Crippen molar-refractivity contribution in [2.75, 3.05) is 26.2 Å². The number of halogens is 1. The van der Waals surface area contributed by atoms with E-state index in [-0.39, 0.29) is 11.6 Å². The molecule has 4 nitrogen and oxygen atoms in total. The summed E-state index contributed by atoms with van der Waals surface area (Å²) in [6.07, 6.45) is 3.61. The molecule has 5 heteroatoms. The lowest BCUT2D eigenvalue weighted by Gasteiger charge is -2.32. The summed E-state index contributed by atoms with van der Waals surface area (Å²) in [7, 11) is 0. The highest BCUT2D eigenvalue weighted by Crippen LogP contribution is 2.26. The second kappa shape index (κ2) is 10.0. The number of para-hydroxylation sites is 1. The van der Waals surface area contributed by atoms with Crippen LogP contribution in [0.5, 0.6) is 5.75 Å². The minimum Gasteiger partial charge on any atom is -0.491 e. The summed E-state index contributed by atoms with van der Waals surface area (Å²) in [5, 5.41) is 1.10. The number of benzene rings is 2. The first-order valence-electron chi connectivity index (χ1n) is 11.1. The van der Waals surface area contributed by atoms with Crippen LogP contribution in [-0.2, 0) is 0 Å². The van der Waals surface area contributed by atoms with Gasteiger partial charge in [-0.05, 0) is 75.7 Å². The lowest BCUT2D eigenvalue weighted by Crippen LogP contribution is -2.38. The van der Waals surface area contributed by atoms with Gasteiger partial charge in [0.2, 0.25) is 0 Å². The second-order valence-electron chi connectivity index (χ2n) is 8.43. The molecular formula is C26H29FN2O2. The first-order valence-corrected chi connectivity index (χ1v) is 11.1.